The highest BCUT2D eigenvalue weighted by atomic mass is 32.2. The molecule has 0 aliphatic heterocycles. The van der Waals surface area contributed by atoms with Gasteiger partial charge in [-0.05, 0) is 49.2 Å². The molecule has 0 amide bonds. The van der Waals surface area contributed by atoms with Crippen LogP contribution >= 0.6 is 0 Å². The van der Waals surface area contributed by atoms with Crippen molar-refractivity contribution in [2.45, 2.75) is 44.2 Å². The van der Waals surface area contributed by atoms with E-state index in [2.05, 4.69) is 25.1 Å². The monoisotopic (exact) mass is 400 g/mol. The summed E-state index contributed by atoms with van der Waals surface area (Å²) in [4.78, 5) is 8.68. The summed E-state index contributed by atoms with van der Waals surface area (Å²) in [5, 5.41) is 7.36. The summed E-state index contributed by atoms with van der Waals surface area (Å²) < 4.78 is 29.1. The van der Waals surface area contributed by atoms with Crippen molar-refractivity contribution in [3.8, 4) is 5.82 Å². The second kappa shape index (κ2) is 8.94. The molecular formula is C19H24N6O2S. The van der Waals surface area contributed by atoms with E-state index in [1.807, 2.05) is 38.2 Å². The summed E-state index contributed by atoms with van der Waals surface area (Å²) in [6.07, 6.45) is 8.33. The lowest BCUT2D eigenvalue weighted by atomic mass is 10.2. The molecule has 0 spiro atoms. The molecule has 8 nitrogen and oxygen atoms in total. The minimum atomic E-state index is -3.55. The Morgan fingerprint density at radius 1 is 1.18 bits per heavy atom. The Morgan fingerprint density at radius 2 is 2.04 bits per heavy atom. The number of nitrogens with zero attached hydrogens (tertiary/aromatic N) is 4. The smallest absolute Gasteiger partial charge is 0.242 e. The van der Waals surface area contributed by atoms with Crippen molar-refractivity contribution in [2.75, 3.05) is 5.32 Å². The fraction of sp³-hybridized carbons (Fsp3) is 0.316. The quantitative estimate of drug-likeness (QED) is 0.573. The lowest BCUT2D eigenvalue weighted by Gasteiger charge is -2.13. The van der Waals surface area contributed by atoms with Crippen LogP contribution in [0.1, 0.15) is 32.3 Å². The molecule has 0 bridgehead atoms. The lowest BCUT2D eigenvalue weighted by Crippen LogP contribution is -2.32. The van der Waals surface area contributed by atoms with Crippen LogP contribution in [0.2, 0.25) is 0 Å². The maximum absolute atomic E-state index is 12.4. The summed E-state index contributed by atoms with van der Waals surface area (Å²) in [5.74, 6) is 1.32. The Kier molecular flexibility index (Phi) is 6.37. The molecule has 0 aliphatic rings. The summed E-state index contributed by atoms with van der Waals surface area (Å²) in [6.45, 7) is 4.41. The van der Waals surface area contributed by atoms with Crippen LogP contribution in [-0.2, 0) is 16.6 Å². The predicted molar refractivity (Wildman–Crippen MR) is 108 cm³/mol. The van der Waals surface area contributed by atoms with Gasteiger partial charge in [-0.15, -0.1) is 0 Å². The topological polar surface area (TPSA) is 102 Å². The van der Waals surface area contributed by atoms with Gasteiger partial charge in [0, 0.05) is 37.4 Å². The molecule has 0 saturated heterocycles. The zero-order valence-electron chi connectivity index (χ0n) is 15.9. The Morgan fingerprint density at radius 3 is 2.71 bits per heavy atom. The van der Waals surface area contributed by atoms with Gasteiger partial charge < -0.3 is 5.32 Å². The zero-order chi connectivity index (χ0) is 20.0. The van der Waals surface area contributed by atoms with Gasteiger partial charge >= 0.3 is 0 Å². The average molecular weight is 401 g/mol. The van der Waals surface area contributed by atoms with Gasteiger partial charge in [0.2, 0.25) is 10.0 Å². The maximum Gasteiger partial charge on any atom is 0.242 e. The van der Waals surface area contributed by atoms with Crippen molar-refractivity contribution in [3.63, 3.8) is 0 Å². The number of rotatable bonds is 9. The molecule has 0 radical (unpaired) electrons. The first kappa shape index (κ1) is 20.0. The number of hydrogen-bond donors (Lipinski definition) is 2. The summed E-state index contributed by atoms with van der Waals surface area (Å²) in [7, 11) is -3.55. The second-order valence-corrected chi connectivity index (χ2v) is 8.23. The first-order valence-electron chi connectivity index (χ1n) is 9.15. The first-order valence-corrected chi connectivity index (χ1v) is 10.6. The van der Waals surface area contributed by atoms with E-state index >= 15 is 0 Å². The third-order valence-corrected chi connectivity index (χ3v) is 5.72. The lowest BCUT2D eigenvalue weighted by molar-refractivity contribution is 0.543. The van der Waals surface area contributed by atoms with Crippen molar-refractivity contribution in [1.82, 2.24) is 24.5 Å². The van der Waals surface area contributed by atoms with E-state index in [0.717, 1.165) is 24.2 Å². The van der Waals surface area contributed by atoms with Gasteiger partial charge in [0.1, 0.15) is 10.7 Å². The molecule has 3 aromatic heterocycles. The second-order valence-electron chi connectivity index (χ2n) is 6.52. The van der Waals surface area contributed by atoms with Crippen LogP contribution in [0.25, 0.3) is 5.82 Å². The molecule has 2 N–H and O–H groups in total. The Labute approximate surface area is 165 Å². The number of nitrogens with one attached hydrogen (secondary N) is 2. The molecule has 0 aromatic carbocycles. The Hall–Kier alpha value is -2.78. The minimum Gasteiger partial charge on any atom is -0.366 e. The molecule has 1 unspecified atom stereocenters. The molecule has 1 atom stereocenters. The summed E-state index contributed by atoms with van der Waals surface area (Å²) >= 11 is 0. The van der Waals surface area contributed by atoms with Gasteiger partial charge in [-0.25, -0.2) is 27.8 Å². The molecule has 0 aliphatic carbocycles. The average Bonchev–Trinajstić information content (AvgIpc) is 3.22. The Balaban J connectivity index is 1.63. The fourth-order valence-corrected chi connectivity index (χ4v) is 3.98. The highest BCUT2D eigenvalue weighted by Gasteiger charge is 2.17. The molecule has 0 fully saturated rings. The minimum absolute atomic E-state index is 0.108. The van der Waals surface area contributed by atoms with Crippen molar-refractivity contribution in [3.05, 3.63) is 60.7 Å². The first-order chi connectivity index (χ1) is 13.5. The van der Waals surface area contributed by atoms with Gasteiger partial charge in [0.25, 0.3) is 0 Å². The maximum atomic E-state index is 12.4. The zero-order valence-corrected chi connectivity index (χ0v) is 16.7. The molecule has 3 heterocycles. The molecule has 9 heteroatoms. The number of pyridine rings is 2. The van der Waals surface area contributed by atoms with Crippen LogP contribution in [-0.4, -0.2) is 34.2 Å². The van der Waals surface area contributed by atoms with Crippen LogP contribution in [0.15, 0.2) is 60.0 Å². The van der Waals surface area contributed by atoms with E-state index in [0.29, 0.717) is 12.4 Å². The van der Waals surface area contributed by atoms with Crippen LogP contribution in [0.3, 0.4) is 0 Å². The third-order valence-electron chi connectivity index (χ3n) is 4.15. The number of sulfonamides is 1. The van der Waals surface area contributed by atoms with Crippen molar-refractivity contribution in [2.24, 2.45) is 0 Å². The molecule has 28 heavy (non-hydrogen) atoms. The highest BCUT2D eigenvalue weighted by Crippen LogP contribution is 2.14. The summed E-state index contributed by atoms with van der Waals surface area (Å²) in [6, 6.07) is 8.77. The SMILES string of the molecule is CCCC(C)NS(=O)(=O)c1ccc(NCc2ccnc(-n3cccn3)c2)nc1. The van der Waals surface area contributed by atoms with Gasteiger partial charge in [-0.3, -0.25) is 0 Å². The van der Waals surface area contributed by atoms with E-state index in [-0.39, 0.29) is 10.9 Å². The van der Waals surface area contributed by atoms with E-state index in [1.54, 1.807) is 29.2 Å². The standard InChI is InChI=1S/C19H24N6O2S/c1-3-5-15(2)24-28(26,27)17-6-7-18(22-14-17)21-13-16-8-10-20-19(12-16)25-11-4-9-23-25/h4,6-12,14-15,24H,3,5,13H2,1-2H3,(H,21,22). The van der Waals surface area contributed by atoms with Gasteiger partial charge in [-0.1, -0.05) is 13.3 Å². The molecule has 0 saturated carbocycles. The Bertz CT molecular complexity index is 988. The van der Waals surface area contributed by atoms with Gasteiger partial charge in [0.15, 0.2) is 5.82 Å². The van der Waals surface area contributed by atoms with E-state index < -0.39 is 10.0 Å². The predicted octanol–water partition coefficient (Wildman–Crippen LogP) is 2.74. The largest absolute Gasteiger partial charge is 0.366 e. The fourth-order valence-electron chi connectivity index (χ4n) is 2.76. The number of anilines is 1. The van der Waals surface area contributed by atoms with E-state index in [4.69, 9.17) is 0 Å². The van der Waals surface area contributed by atoms with Crippen LogP contribution in [0.4, 0.5) is 5.82 Å². The molecule has 3 rings (SSSR count). The van der Waals surface area contributed by atoms with Crippen LogP contribution < -0.4 is 10.0 Å². The van der Waals surface area contributed by atoms with Gasteiger partial charge in [-0.2, -0.15) is 5.10 Å². The molecule has 148 valence electrons. The van der Waals surface area contributed by atoms with Crippen molar-refractivity contribution in [1.29, 1.82) is 0 Å². The van der Waals surface area contributed by atoms with Crippen LogP contribution in [0, 0.1) is 0 Å². The molecule has 3 aromatic rings. The normalized spacial score (nSPS) is 12.6. The number of hydrogen-bond acceptors (Lipinski definition) is 6. The van der Waals surface area contributed by atoms with Crippen molar-refractivity contribution < 1.29 is 8.42 Å². The third kappa shape index (κ3) is 5.14. The van der Waals surface area contributed by atoms with E-state index in [1.165, 1.54) is 6.20 Å². The highest BCUT2D eigenvalue weighted by molar-refractivity contribution is 7.89. The van der Waals surface area contributed by atoms with Crippen LogP contribution in [0.5, 0.6) is 0 Å². The molecular weight excluding hydrogens is 376 g/mol. The van der Waals surface area contributed by atoms with Gasteiger partial charge in [0.05, 0.1) is 0 Å². The number of aromatic nitrogens is 4. The van der Waals surface area contributed by atoms with Crippen molar-refractivity contribution >= 4 is 15.8 Å². The van der Waals surface area contributed by atoms with E-state index in [9.17, 15) is 8.42 Å². The summed E-state index contributed by atoms with van der Waals surface area (Å²) in [5.41, 5.74) is 1.01.